The van der Waals surface area contributed by atoms with Gasteiger partial charge in [0.15, 0.2) is 5.84 Å². The monoisotopic (exact) mass is 567 g/mol. The van der Waals surface area contributed by atoms with E-state index < -0.39 is 0 Å². The van der Waals surface area contributed by atoms with Crippen LogP contribution in [0.4, 0.5) is 0 Å². The largest absolute Gasteiger partial charge is 0.456 e. The molecule has 208 valence electrons. The molecule has 2 aromatic heterocycles. The third-order valence-corrected chi connectivity index (χ3v) is 8.36. The fraction of sp³-hybridized carbons (Fsp3) is 0.0256. The Morgan fingerprint density at radius 1 is 0.523 bits per heavy atom. The van der Waals surface area contributed by atoms with E-state index in [1.165, 1.54) is 0 Å². The lowest BCUT2D eigenvalue weighted by Crippen LogP contribution is -2.34. The number of furan rings is 2. The molecular formula is C39H25N3O2. The van der Waals surface area contributed by atoms with Crippen LogP contribution in [-0.2, 0) is 0 Å². The average molecular weight is 568 g/mol. The third kappa shape index (κ3) is 3.94. The van der Waals surface area contributed by atoms with Crippen molar-refractivity contribution in [1.82, 2.24) is 5.32 Å². The van der Waals surface area contributed by atoms with Gasteiger partial charge in [-0.25, -0.2) is 9.98 Å². The lowest BCUT2D eigenvalue weighted by molar-refractivity contribution is 0.667. The highest BCUT2D eigenvalue weighted by Crippen LogP contribution is 2.40. The van der Waals surface area contributed by atoms with Gasteiger partial charge in [0.25, 0.3) is 0 Å². The summed E-state index contributed by atoms with van der Waals surface area (Å²) in [6.45, 7) is 0. The Balaban J connectivity index is 1.33. The standard InChI is InChI=1S/C39H25N3O2/c1-3-11-24(12-4-1)37-40-38(25-13-5-2-6-14-25)42-39(41-37)36-27(20-22-34-35(36)29-16-8-10-18-32(29)44-34)26-19-21-33-30(23-26)28-15-7-9-17-31(28)43-33/h1-23,37H,(H,40,41,42). The van der Waals surface area contributed by atoms with E-state index in [9.17, 15) is 0 Å². The minimum absolute atomic E-state index is 0.319. The zero-order chi connectivity index (χ0) is 29.0. The van der Waals surface area contributed by atoms with E-state index in [0.29, 0.717) is 5.84 Å². The highest BCUT2D eigenvalue weighted by atomic mass is 16.3. The van der Waals surface area contributed by atoms with Gasteiger partial charge in [0, 0.05) is 32.7 Å². The molecule has 1 atom stereocenters. The summed E-state index contributed by atoms with van der Waals surface area (Å²) in [5.41, 5.74) is 8.50. The van der Waals surface area contributed by atoms with Gasteiger partial charge in [-0.2, -0.15) is 0 Å². The van der Waals surface area contributed by atoms with Crippen LogP contribution in [0, 0.1) is 0 Å². The first-order valence-corrected chi connectivity index (χ1v) is 14.7. The van der Waals surface area contributed by atoms with Gasteiger partial charge in [-0.1, -0.05) is 103 Å². The van der Waals surface area contributed by atoms with Gasteiger partial charge in [-0.05, 0) is 53.1 Å². The van der Waals surface area contributed by atoms with Crippen LogP contribution in [0.25, 0.3) is 55.0 Å². The molecule has 0 amide bonds. The summed E-state index contributed by atoms with van der Waals surface area (Å²) in [6, 6.07) is 47.4. The Morgan fingerprint density at radius 3 is 1.98 bits per heavy atom. The zero-order valence-electron chi connectivity index (χ0n) is 23.6. The molecule has 1 N–H and O–H groups in total. The molecular weight excluding hydrogens is 542 g/mol. The highest BCUT2D eigenvalue weighted by Gasteiger charge is 2.26. The van der Waals surface area contributed by atoms with Crippen molar-refractivity contribution in [2.24, 2.45) is 9.98 Å². The second-order valence-electron chi connectivity index (χ2n) is 11.0. The van der Waals surface area contributed by atoms with Gasteiger partial charge < -0.3 is 14.2 Å². The molecule has 0 fully saturated rings. The number of benzene rings is 6. The molecule has 0 spiro atoms. The molecule has 44 heavy (non-hydrogen) atoms. The predicted molar refractivity (Wildman–Crippen MR) is 178 cm³/mol. The first-order valence-electron chi connectivity index (χ1n) is 14.7. The van der Waals surface area contributed by atoms with Crippen LogP contribution in [0.2, 0.25) is 0 Å². The van der Waals surface area contributed by atoms with Crippen molar-refractivity contribution in [2.75, 3.05) is 0 Å². The van der Waals surface area contributed by atoms with Gasteiger partial charge in [0.05, 0.1) is 0 Å². The van der Waals surface area contributed by atoms with E-state index in [4.69, 9.17) is 18.8 Å². The number of rotatable bonds is 4. The summed E-state index contributed by atoms with van der Waals surface area (Å²) in [5, 5.41) is 7.93. The molecule has 1 aliphatic rings. The summed E-state index contributed by atoms with van der Waals surface area (Å²) in [6.07, 6.45) is -0.319. The summed E-state index contributed by atoms with van der Waals surface area (Å²) in [4.78, 5) is 10.3. The molecule has 0 saturated carbocycles. The molecule has 0 saturated heterocycles. The van der Waals surface area contributed by atoms with Gasteiger partial charge >= 0.3 is 0 Å². The van der Waals surface area contributed by atoms with Crippen LogP contribution >= 0.6 is 0 Å². The van der Waals surface area contributed by atoms with Gasteiger partial charge in [-0.15, -0.1) is 0 Å². The molecule has 5 heteroatoms. The summed E-state index contributed by atoms with van der Waals surface area (Å²) >= 11 is 0. The first kappa shape index (κ1) is 24.6. The maximum absolute atomic E-state index is 6.39. The molecule has 6 aromatic carbocycles. The lowest BCUT2D eigenvalue weighted by atomic mass is 9.93. The maximum atomic E-state index is 6.39. The molecule has 8 aromatic rings. The van der Waals surface area contributed by atoms with E-state index in [-0.39, 0.29) is 6.17 Å². The summed E-state index contributed by atoms with van der Waals surface area (Å²) in [7, 11) is 0. The van der Waals surface area contributed by atoms with Gasteiger partial charge in [0.2, 0.25) is 0 Å². The maximum Gasteiger partial charge on any atom is 0.159 e. The van der Waals surface area contributed by atoms with Crippen molar-refractivity contribution < 1.29 is 8.83 Å². The van der Waals surface area contributed by atoms with Crippen LogP contribution in [0.1, 0.15) is 22.9 Å². The summed E-state index contributed by atoms with van der Waals surface area (Å²) in [5.74, 6) is 1.43. The number of amidine groups is 2. The van der Waals surface area contributed by atoms with Crippen LogP contribution in [-0.4, -0.2) is 11.7 Å². The smallest absolute Gasteiger partial charge is 0.159 e. The average Bonchev–Trinajstić information content (AvgIpc) is 3.66. The van der Waals surface area contributed by atoms with E-state index in [2.05, 4.69) is 78.1 Å². The first-order chi connectivity index (χ1) is 21.8. The third-order valence-electron chi connectivity index (χ3n) is 8.36. The minimum Gasteiger partial charge on any atom is -0.456 e. The van der Waals surface area contributed by atoms with E-state index >= 15 is 0 Å². The number of hydrogen-bond acceptors (Lipinski definition) is 5. The molecule has 5 nitrogen and oxygen atoms in total. The highest BCUT2D eigenvalue weighted by molar-refractivity contribution is 6.25. The van der Waals surface area contributed by atoms with Crippen molar-refractivity contribution in [3.05, 3.63) is 156 Å². The Morgan fingerprint density at radius 2 is 1.16 bits per heavy atom. The Hall–Kier alpha value is -5.94. The number of hydrogen-bond donors (Lipinski definition) is 1. The van der Waals surface area contributed by atoms with Crippen LogP contribution in [0.15, 0.2) is 158 Å². The van der Waals surface area contributed by atoms with Crippen LogP contribution in [0.3, 0.4) is 0 Å². The fourth-order valence-electron chi connectivity index (χ4n) is 6.30. The Bertz CT molecular complexity index is 2420. The number of aliphatic imine (C=N–C) groups is 2. The molecule has 1 aliphatic heterocycles. The predicted octanol–water partition coefficient (Wildman–Crippen LogP) is 9.65. The normalized spacial score (nSPS) is 15.0. The number of para-hydroxylation sites is 2. The van der Waals surface area contributed by atoms with Crippen molar-refractivity contribution in [3.8, 4) is 11.1 Å². The molecule has 1 unspecified atom stereocenters. The van der Waals surface area contributed by atoms with Crippen molar-refractivity contribution in [2.45, 2.75) is 6.17 Å². The van der Waals surface area contributed by atoms with Crippen LogP contribution < -0.4 is 5.32 Å². The van der Waals surface area contributed by atoms with Gasteiger partial charge in [-0.3, -0.25) is 0 Å². The number of nitrogens with one attached hydrogen (secondary N) is 1. The molecule has 0 bridgehead atoms. The van der Waals surface area contributed by atoms with E-state index in [0.717, 1.165) is 77.5 Å². The second kappa shape index (κ2) is 9.82. The van der Waals surface area contributed by atoms with Crippen molar-refractivity contribution in [3.63, 3.8) is 0 Å². The molecule has 3 heterocycles. The van der Waals surface area contributed by atoms with Crippen molar-refractivity contribution in [1.29, 1.82) is 0 Å². The Labute approximate surface area is 252 Å². The SMILES string of the molecule is c1ccc(C2=NC(c3ccccc3)NC(c3c(-c4ccc5oc6ccccc6c5c4)ccc4oc5ccccc5c34)=N2)cc1. The molecule has 0 radical (unpaired) electrons. The quantitative estimate of drug-likeness (QED) is 0.230. The minimum atomic E-state index is -0.319. The number of nitrogens with zero attached hydrogens (tertiary/aromatic N) is 2. The lowest BCUT2D eigenvalue weighted by Gasteiger charge is -2.25. The van der Waals surface area contributed by atoms with Gasteiger partial charge in [0.1, 0.15) is 34.3 Å². The van der Waals surface area contributed by atoms with E-state index in [1.807, 2.05) is 66.7 Å². The van der Waals surface area contributed by atoms with E-state index in [1.54, 1.807) is 0 Å². The van der Waals surface area contributed by atoms with Crippen LogP contribution in [0.5, 0.6) is 0 Å². The summed E-state index contributed by atoms with van der Waals surface area (Å²) < 4.78 is 12.5. The molecule has 9 rings (SSSR count). The fourth-order valence-corrected chi connectivity index (χ4v) is 6.30. The topological polar surface area (TPSA) is 63.0 Å². The second-order valence-corrected chi connectivity index (χ2v) is 11.0. The Kier molecular flexibility index (Phi) is 5.50. The number of fused-ring (bicyclic) bond motifs is 6. The van der Waals surface area contributed by atoms with Crippen molar-refractivity contribution >= 4 is 55.5 Å². The zero-order valence-corrected chi connectivity index (χ0v) is 23.6. The molecule has 0 aliphatic carbocycles.